The minimum Gasteiger partial charge on any atom is -0.481 e. The van der Waals surface area contributed by atoms with Gasteiger partial charge in [0.05, 0.1) is 39.1 Å². The molecular weight excluding hydrogens is 714 g/mol. The lowest BCUT2D eigenvalue weighted by atomic mass is 9.81. The molecule has 16 heteroatoms. The fourth-order valence-corrected chi connectivity index (χ4v) is 7.04. The Kier molecular flexibility index (Phi) is 14.6. The number of benzene rings is 2. The molecule has 1 amide bonds. The molecule has 3 saturated heterocycles. The van der Waals surface area contributed by atoms with Crippen molar-refractivity contribution in [2.75, 3.05) is 72.9 Å². The first kappa shape index (κ1) is 40.4. The zero-order valence-electron chi connectivity index (χ0n) is 28.5. The lowest BCUT2D eigenvalue weighted by Crippen LogP contribution is -2.68. The predicted octanol–water partition coefficient (Wildman–Crippen LogP) is 4.61. The van der Waals surface area contributed by atoms with Gasteiger partial charge in [-0.2, -0.15) is 23.1 Å². The fraction of sp³-hybridized carbons (Fsp3) is 0.514. The van der Waals surface area contributed by atoms with Crippen LogP contribution in [0.25, 0.3) is 0 Å². The van der Waals surface area contributed by atoms with Gasteiger partial charge in [0.25, 0.3) is 5.91 Å². The van der Waals surface area contributed by atoms with Crippen molar-refractivity contribution in [1.82, 2.24) is 24.7 Å². The zero-order valence-corrected chi connectivity index (χ0v) is 30.1. The highest BCUT2D eigenvalue weighted by Gasteiger charge is 2.44. The summed E-state index contributed by atoms with van der Waals surface area (Å²) in [4.78, 5) is 28.6. The number of amides is 1. The summed E-state index contributed by atoms with van der Waals surface area (Å²) >= 11 is 0. The number of nitrogens with zero attached hydrogens (tertiary/aromatic N) is 5. The third kappa shape index (κ3) is 9.93. The van der Waals surface area contributed by atoms with Crippen LogP contribution in [0.1, 0.15) is 29.5 Å². The van der Waals surface area contributed by atoms with Gasteiger partial charge in [0, 0.05) is 57.3 Å². The molecule has 0 radical (unpaired) electrons. The maximum Gasteiger partial charge on any atom is 0.422 e. The van der Waals surface area contributed by atoms with Gasteiger partial charge in [-0.15, -0.1) is 24.8 Å². The molecule has 0 saturated carbocycles. The van der Waals surface area contributed by atoms with E-state index in [1.54, 1.807) is 6.92 Å². The van der Waals surface area contributed by atoms with E-state index in [2.05, 4.69) is 44.0 Å². The number of carbonyl (C=O) groups excluding carboxylic acids is 1. The van der Waals surface area contributed by atoms with E-state index in [9.17, 15) is 18.0 Å². The first-order valence-corrected chi connectivity index (χ1v) is 16.6. The molecule has 0 N–H and O–H groups in total. The van der Waals surface area contributed by atoms with E-state index in [1.807, 2.05) is 41.3 Å². The molecule has 1 aromatic heterocycles. The van der Waals surface area contributed by atoms with Crippen LogP contribution >= 0.6 is 24.8 Å². The first-order valence-electron chi connectivity index (χ1n) is 16.6. The Morgan fingerprint density at radius 2 is 1.59 bits per heavy atom. The van der Waals surface area contributed by atoms with E-state index < -0.39 is 18.9 Å². The Morgan fingerprint density at radius 1 is 0.922 bits per heavy atom. The SMILES string of the molecule is CCOc1nc(OC)c(CN2C[C@@H]3CN(C(=O)C4COCCO4)CCN3[C@H](C(c3ccccc3)c3ccccc3)C2)c(OCC(F)(F)F)n1.Cl.Cl. The quantitative estimate of drug-likeness (QED) is 0.276. The predicted molar refractivity (Wildman–Crippen MR) is 187 cm³/mol. The summed E-state index contributed by atoms with van der Waals surface area (Å²) in [6.07, 6.45) is -5.22. The standard InChI is InChI=1S/C35H42F3N5O6.2ClH/c1-3-47-34-39-31(45-2)27(32(40-34)49-23-35(36,37)38)20-41-18-26-19-42(33(44)29-22-46-16-17-48-29)14-15-43(26)28(21-41)30(24-10-6-4-7-11-24)25-12-8-5-9-13-25;;/h4-13,26,28-30H,3,14-23H2,1-2H3;2*1H/t26-,28+,29?;;/m1../s1. The van der Waals surface area contributed by atoms with Gasteiger partial charge >= 0.3 is 12.2 Å². The number of hydrogen-bond donors (Lipinski definition) is 0. The van der Waals surface area contributed by atoms with Crippen LogP contribution in [0.15, 0.2) is 60.7 Å². The highest BCUT2D eigenvalue weighted by Crippen LogP contribution is 2.38. The Balaban J connectivity index is 0.00000292. The molecule has 6 rings (SSSR count). The molecule has 0 bridgehead atoms. The molecule has 3 aliphatic rings. The number of hydrogen-bond acceptors (Lipinski definition) is 10. The van der Waals surface area contributed by atoms with Crippen molar-refractivity contribution in [2.45, 2.75) is 43.8 Å². The van der Waals surface area contributed by atoms with Crippen molar-refractivity contribution in [1.29, 1.82) is 0 Å². The van der Waals surface area contributed by atoms with Crippen molar-refractivity contribution in [3.63, 3.8) is 0 Å². The first-order chi connectivity index (χ1) is 23.7. The van der Waals surface area contributed by atoms with E-state index in [0.29, 0.717) is 45.9 Å². The van der Waals surface area contributed by atoms with Crippen LogP contribution in [0.2, 0.25) is 0 Å². The van der Waals surface area contributed by atoms with Gasteiger partial charge in [-0.25, -0.2) is 0 Å². The maximum absolute atomic E-state index is 13.6. The van der Waals surface area contributed by atoms with Crippen LogP contribution in [0.4, 0.5) is 13.2 Å². The molecule has 2 aromatic carbocycles. The number of aromatic nitrogens is 2. The van der Waals surface area contributed by atoms with Gasteiger partial charge in [0.15, 0.2) is 12.7 Å². The summed E-state index contributed by atoms with van der Waals surface area (Å²) in [6.45, 7) is 4.33. The van der Waals surface area contributed by atoms with E-state index >= 15 is 0 Å². The van der Waals surface area contributed by atoms with Crippen LogP contribution in [0, 0.1) is 0 Å². The number of piperazine rings is 2. The number of rotatable bonds is 11. The smallest absolute Gasteiger partial charge is 0.422 e. The van der Waals surface area contributed by atoms with Gasteiger partial charge in [-0.05, 0) is 18.1 Å². The lowest BCUT2D eigenvalue weighted by Gasteiger charge is -2.53. The lowest BCUT2D eigenvalue weighted by molar-refractivity contribution is -0.162. The van der Waals surface area contributed by atoms with Crippen molar-refractivity contribution in [3.8, 4) is 17.8 Å². The summed E-state index contributed by atoms with van der Waals surface area (Å²) in [5.74, 6) is -0.305. The summed E-state index contributed by atoms with van der Waals surface area (Å²) in [7, 11) is 1.40. The van der Waals surface area contributed by atoms with Crippen LogP contribution in [0.5, 0.6) is 17.8 Å². The Hall–Kier alpha value is -3.40. The molecule has 3 aliphatic heterocycles. The van der Waals surface area contributed by atoms with E-state index in [0.717, 1.165) is 11.1 Å². The molecule has 3 aromatic rings. The van der Waals surface area contributed by atoms with Crippen LogP contribution in [0.3, 0.4) is 0 Å². The minimum atomic E-state index is -4.58. The molecule has 3 atom stereocenters. The molecule has 51 heavy (non-hydrogen) atoms. The van der Waals surface area contributed by atoms with Gasteiger partial charge in [0.1, 0.15) is 0 Å². The molecule has 3 fully saturated rings. The van der Waals surface area contributed by atoms with E-state index in [1.165, 1.54) is 7.11 Å². The second kappa shape index (κ2) is 18.4. The monoisotopic (exact) mass is 757 g/mol. The average molecular weight is 759 g/mol. The van der Waals surface area contributed by atoms with E-state index in [-0.39, 0.29) is 91.8 Å². The van der Waals surface area contributed by atoms with Gasteiger partial charge in [0.2, 0.25) is 11.8 Å². The number of alkyl halides is 3. The van der Waals surface area contributed by atoms with Gasteiger partial charge < -0.3 is 28.6 Å². The average Bonchev–Trinajstić information content (AvgIpc) is 3.12. The summed E-state index contributed by atoms with van der Waals surface area (Å²) in [5, 5.41) is 0. The molecule has 0 spiro atoms. The number of ether oxygens (including phenoxy) is 5. The maximum atomic E-state index is 13.6. The number of halogens is 5. The number of fused-ring (bicyclic) bond motifs is 1. The second-order valence-corrected chi connectivity index (χ2v) is 12.3. The minimum absolute atomic E-state index is 0. The topological polar surface area (TPSA) is 98.7 Å². The Bertz CT molecular complexity index is 1500. The molecule has 1 unspecified atom stereocenters. The Labute approximate surface area is 308 Å². The van der Waals surface area contributed by atoms with Crippen molar-refractivity contribution >= 4 is 30.7 Å². The van der Waals surface area contributed by atoms with Crippen LogP contribution in [-0.4, -0.2) is 128 Å². The highest BCUT2D eigenvalue weighted by molar-refractivity contribution is 5.85. The zero-order chi connectivity index (χ0) is 34.4. The van der Waals surface area contributed by atoms with Crippen LogP contribution in [-0.2, 0) is 20.8 Å². The normalized spacial score (nSPS) is 21.2. The van der Waals surface area contributed by atoms with Gasteiger partial charge in [-0.3, -0.25) is 14.6 Å². The van der Waals surface area contributed by atoms with Crippen LogP contribution < -0.4 is 14.2 Å². The second-order valence-electron chi connectivity index (χ2n) is 12.3. The molecule has 11 nitrogen and oxygen atoms in total. The Morgan fingerprint density at radius 3 is 2.18 bits per heavy atom. The van der Waals surface area contributed by atoms with E-state index in [4.69, 9.17) is 23.7 Å². The number of carbonyl (C=O) groups is 1. The number of methoxy groups -OCH3 is 1. The van der Waals surface area contributed by atoms with Crippen molar-refractivity contribution in [2.24, 2.45) is 0 Å². The molecule has 0 aliphatic carbocycles. The summed E-state index contributed by atoms with van der Waals surface area (Å²) in [6, 6.07) is 20.3. The highest BCUT2D eigenvalue weighted by atomic mass is 35.5. The third-order valence-corrected chi connectivity index (χ3v) is 9.11. The summed E-state index contributed by atoms with van der Waals surface area (Å²) < 4.78 is 67.6. The largest absolute Gasteiger partial charge is 0.481 e. The molecule has 280 valence electrons. The third-order valence-electron chi connectivity index (χ3n) is 9.11. The molecule has 4 heterocycles. The summed E-state index contributed by atoms with van der Waals surface area (Å²) in [5.41, 5.74) is 2.57. The van der Waals surface area contributed by atoms with Crippen molar-refractivity contribution < 1.29 is 41.7 Å². The van der Waals surface area contributed by atoms with Gasteiger partial charge in [-0.1, -0.05) is 60.7 Å². The molecular formula is C35H44Cl2F3N5O6. The van der Waals surface area contributed by atoms with Crippen molar-refractivity contribution in [3.05, 3.63) is 77.4 Å². The fourth-order valence-electron chi connectivity index (χ4n) is 7.04.